The Labute approximate surface area is 107 Å². The molecule has 1 aromatic carbocycles. The quantitative estimate of drug-likeness (QED) is 0.600. The van der Waals surface area contributed by atoms with Crippen molar-refractivity contribution in [3.05, 3.63) is 35.4 Å². The van der Waals surface area contributed by atoms with Gasteiger partial charge in [0.2, 0.25) is 0 Å². The van der Waals surface area contributed by atoms with Gasteiger partial charge in [-0.3, -0.25) is 4.79 Å². The molecule has 0 spiro atoms. The number of carbonyl (C=O) groups is 1. The van der Waals surface area contributed by atoms with Crippen molar-refractivity contribution in [3.63, 3.8) is 0 Å². The number of hydrogen-bond donors (Lipinski definition) is 2. The van der Waals surface area contributed by atoms with E-state index in [1.54, 1.807) is 6.07 Å². The Morgan fingerprint density at radius 2 is 2.24 bits per heavy atom. The Bertz CT molecular complexity index is 404. The molecule has 0 aliphatic heterocycles. The van der Waals surface area contributed by atoms with Crippen molar-refractivity contribution < 1.29 is 4.79 Å². The van der Waals surface area contributed by atoms with Gasteiger partial charge in [-0.15, -0.1) is 0 Å². The lowest BCUT2D eigenvalue weighted by Gasteiger charge is -2.06. The molecule has 0 radical (unpaired) electrons. The van der Waals surface area contributed by atoms with E-state index in [0.717, 1.165) is 24.9 Å². The molecule has 0 aliphatic rings. The molecule has 0 heterocycles. The lowest BCUT2D eigenvalue weighted by Crippen LogP contribution is -2.24. The van der Waals surface area contributed by atoms with Crippen LogP contribution < -0.4 is 11.1 Å². The smallest absolute Gasteiger partial charge is 0.251 e. The molecule has 0 fully saturated rings. The minimum Gasteiger partial charge on any atom is -0.393 e. The van der Waals surface area contributed by atoms with Crippen molar-refractivity contribution >= 4 is 23.1 Å². The Balaban J connectivity index is 2.63. The first-order chi connectivity index (χ1) is 8.13. The van der Waals surface area contributed by atoms with Crippen molar-refractivity contribution in [1.82, 2.24) is 5.32 Å². The summed E-state index contributed by atoms with van der Waals surface area (Å²) in [6.07, 6.45) is 2.60. The summed E-state index contributed by atoms with van der Waals surface area (Å²) in [4.78, 5) is 12.2. The molecule has 92 valence electrons. The molecule has 3 N–H and O–H groups in total. The maximum Gasteiger partial charge on any atom is 0.251 e. The Hall–Kier alpha value is -1.42. The topological polar surface area (TPSA) is 55.1 Å². The van der Waals surface area contributed by atoms with Gasteiger partial charge < -0.3 is 11.1 Å². The maximum absolute atomic E-state index is 11.8. The van der Waals surface area contributed by atoms with Crippen LogP contribution in [0.4, 0.5) is 0 Å². The standard InChI is InChI=1S/C13H18N2OS/c1-2-3-7-15-13(16)11-6-4-5-10(8-11)9-12(14)17/h4-6,8H,2-3,7,9H2,1H3,(H2,14,17)(H,15,16). The fourth-order valence-corrected chi connectivity index (χ4v) is 1.67. The summed E-state index contributed by atoms with van der Waals surface area (Å²) in [7, 11) is 0. The molecule has 4 heteroatoms. The number of rotatable bonds is 6. The summed E-state index contributed by atoms with van der Waals surface area (Å²) < 4.78 is 0. The zero-order valence-corrected chi connectivity index (χ0v) is 10.8. The van der Waals surface area contributed by atoms with Gasteiger partial charge in [0.15, 0.2) is 0 Å². The number of nitrogens with two attached hydrogens (primary N) is 1. The van der Waals surface area contributed by atoms with Crippen LogP contribution in [0.25, 0.3) is 0 Å². The zero-order chi connectivity index (χ0) is 12.7. The molecule has 3 nitrogen and oxygen atoms in total. The first-order valence-electron chi connectivity index (χ1n) is 5.79. The van der Waals surface area contributed by atoms with Gasteiger partial charge in [0.1, 0.15) is 0 Å². The van der Waals surface area contributed by atoms with Crippen molar-refractivity contribution in [2.45, 2.75) is 26.2 Å². The summed E-state index contributed by atoms with van der Waals surface area (Å²) in [6.45, 7) is 2.81. The van der Waals surface area contributed by atoms with Crippen molar-refractivity contribution in [3.8, 4) is 0 Å². The van der Waals surface area contributed by atoms with E-state index >= 15 is 0 Å². The van der Waals surface area contributed by atoms with E-state index in [1.807, 2.05) is 18.2 Å². The minimum atomic E-state index is -0.0387. The molecule has 0 saturated carbocycles. The fraction of sp³-hybridized carbons (Fsp3) is 0.385. The average molecular weight is 250 g/mol. The van der Waals surface area contributed by atoms with Gasteiger partial charge in [-0.25, -0.2) is 0 Å². The summed E-state index contributed by atoms with van der Waals surface area (Å²) in [5.41, 5.74) is 7.11. The van der Waals surface area contributed by atoms with Crippen molar-refractivity contribution in [1.29, 1.82) is 0 Å². The van der Waals surface area contributed by atoms with Crippen LogP contribution >= 0.6 is 12.2 Å². The third-order valence-corrected chi connectivity index (χ3v) is 2.53. The molecule has 1 rings (SSSR count). The fourth-order valence-electron chi connectivity index (χ4n) is 1.50. The van der Waals surface area contributed by atoms with E-state index in [2.05, 4.69) is 12.2 Å². The Kier molecular flexibility index (Phi) is 5.63. The molecule has 1 amide bonds. The van der Waals surface area contributed by atoms with Crippen molar-refractivity contribution in [2.75, 3.05) is 6.54 Å². The summed E-state index contributed by atoms with van der Waals surface area (Å²) in [5.74, 6) is -0.0387. The minimum absolute atomic E-state index is 0.0387. The number of unbranched alkanes of at least 4 members (excludes halogenated alkanes) is 1. The second-order valence-corrected chi connectivity index (χ2v) is 4.48. The highest BCUT2D eigenvalue weighted by Gasteiger charge is 2.05. The van der Waals surface area contributed by atoms with E-state index in [4.69, 9.17) is 18.0 Å². The van der Waals surface area contributed by atoms with Crippen LogP contribution in [0.2, 0.25) is 0 Å². The van der Waals surface area contributed by atoms with Crippen LogP contribution in [-0.4, -0.2) is 17.4 Å². The summed E-state index contributed by atoms with van der Waals surface area (Å²) in [5, 5.41) is 2.88. The lowest BCUT2D eigenvalue weighted by atomic mass is 10.1. The second kappa shape index (κ2) is 7.01. The number of amides is 1. The first kappa shape index (κ1) is 13.6. The molecule has 0 bridgehead atoms. The predicted molar refractivity (Wildman–Crippen MR) is 74.2 cm³/mol. The van der Waals surface area contributed by atoms with Gasteiger partial charge in [0, 0.05) is 18.5 Å². The average Bonchev–Trinajstić information content (AvgIpc) is 2.28. The number of nitrogens with one attached hydrogen (secondary N) is 1. The van der Waals surface area contributed by atoms with Crippen LogP contribution in [0, 0.1) is 0 Å². The highest BCUT2D eigenvalue weighted by molar-refractivity contribution is 7.80. The van der Waals surface area contributed by atoms with Gasteiger partial charge >= 0.3 is 0 Å². The highest BCUT2D eigenvalue weighted by atomic mass is 32.1. The Morgan fingerprint density at radius 1 is 1.47 bits per heavy atom. The molecule has 0 atom stereocenters. The van der Waals surface area contributed by atoms with Crippen LogP contribution in [0.1, 0.15) is 35.7 Å². The molecule has 1 aromatic rings. The van der Waals surface area contributed by atoms with Gasteiger partial charge in [0.05, 0.1) is 4.99 Å². The van der Waals surface area contributed by atoms with Gasteiger partial charge in [-0.1, -0.05) is 37.7 Å². The third-order valence-electron chi connectivity index (χ3n) is 2.38. The van der Waals surface area contributed by atoms with Gasteiger partial charge in [0.25, 0.3) is 5.91 Å². The molecule has 17 heavy (non-hydrogen) atoms. The monoisotopic (exact) mass is 250 g/mol. The molecule has 0 aromatic heterocycles. The van der Waals surface area contributed by atoms with E-state index < -0.39 is 0 Å². The second-order valence-electron chi connectivity index (χ2n) is 3.95. The normalized spacial score (nSPS) is 9.94. The Morgan fingerprint density at radius 3 is 2.88 bits per heavy atom. The number of benzene rings is 1. The molecule has 0 unspecified atom stereocenters. The zero-order valence-electron chi connectivity index (χ0n) is 10.0. The largest absolute Gasteiger partial charge is 0.393 e. The SMILES string of the molecule is CCCCNC(=O)c1cccc(CC(N)=S)c1. The van der Waals surface area contributed by atoms with Crippen LogP contribution in [0.15, 0.2) is 24.3 Å². The number of hydrogen-bond acceptors (Lipinski definition) is 2. The predicted octanol–water partition coefficient (Wildman–Crippen LogP) is 2.05. The maximum atomic E-state index is 11.8. The van der Waals surface area contributed by atoms with E-state index in [9.17, 15) is 4.79 Å². The van der Waals surface area contributed by atoms with Gasteiger partial charge in [-0.2, -0.15) is 0 Å². The lowest BCUT2D eigenvalue weighted by molar-refractivity contribution is 0.0953. The highest BCUT2D eigenvalue weighted by Crippen LogP contribution is 2.06. The van der Waals surface area contributed by atoms with E-state index in [1.165, 1.54) is 0 Å². The van der Waals surface area contributed by atoms with E-state index in [-0.39, 0.29) is 5.91 Å². The van der Waals surface area contributed by atoms with Crippen molar-refractivity contribution in [2.24, 2.45) is 5.73 Å². The summed E-state index contributed by atoms with van der Waals surface area (Å²) in [6, 6.07) is 7.40. The van der Waals surface area contributed by atoms with E-state index in [0.29, 0.717) is 17.0 Å². The van der Waals surface area contributed by atoms with Crippen LogP contribution in [0.3, 0.4) is 0 Å². The third kappa shape index (κ3) is 4.95. The van der Waals surface area contributed by atoms with Gasteiger partial charge in [-0.05, 0) is 24.1 Å². The summed E-state index contributed by atoms with van der Waals surface area (Å²) >= 11 is 4.85. The molecule has 0 saturated heterocycles. The van der Waals surface area contributed by atoms with Crippen LogP contribution in [0.5, 0.6) is 0 Å². The first-order valence-corrected chi connectivity index (χ1v) is 6.19. The number of thiocarbonyl (C=S) groups is 1. The van der Waals surface area contributed by atoms with Crippen LogP contribution in [-0.2, 0) is 6.42 Å². The number of carbonyl (C=O) groups excluding carboxylic acids is 1. The molecule has 0 aliphatic carbocycles. The molecular weight excluding hydrogens is 232 g/mol. The molecular formula is C13H18N2OS.